The monoisotopic (exact) mass is 321 g/mol. The van der Waals surface area contributed by atoms with Gasteiger partial charge in [-0.1, -0.05) is 28.1 Å². The average Bonchev–Trinajstić information content (AvgIpc) is 2.38. The van der Waals surface area contributed by atoms with E-state index in [0.29, 0.717) is 5.95 Å². The molecule has 0 bridgehead atoms. The Hall–Kier alpha value is -1.69. The molecule has 19 heavy (non-hydrogen) atoms. The third-order valence-electron chi connectivity index (χ3n) is 2.75. The minimum atomic E-state index is 0.234. The van der Waals surface area contributed by atoms with Crippen molar-refractivity contribution in [3.05, 3.63) is 40.6 Å². The molecule has 2 rings (SSSR count). The third-order valence-corrected chi connectivity index (χ3v) is 3.27. The second-order valence-corrected chi connectivity index (χ2v) is 5.29. The minimum Gasteiger partial charge on any atom is -0.368 e. The summed E-state index contributed by atoms with van der Waals surface area (Å²) >= 11 is 3.43. The summed E-state index contributed by atoms with van der Waals surface area (Å²) in [6, 6.07) is 8.63. The van der Waals surface area contributed by atoms with Gasteiger partial charge < -0.3 is 11.1 Å². The van der Waals surface area contributed by atoms with Gasteiger partial charge in [0.05, 0.1) is 0 Å². The van der Waals surface area contributed by atoms with Crippen molar-refractivity contribution in [2.45, 2.75) is 25.8 Å². The second-order valence-electron chi connectivity index (χ2n) is 4.38. The Labute approximate surface area is 120 Å². The van der Waals surface area contributed by atoms with E-state index in [1.165, 1.54) is 11.9 Å². The van der Waals surface area contributed by atoms with E-state index in [0.717, 1.165) is 17.3 Å². The molecule has 1 heterocycles. The lowest BCUT2D eigenvalue weighted by molar-refractivity contribution is 0.698. The molecule has 0 saturated carbocycles. The zero-order valence-corrected chi connectivity index (χ0v) is 12.3. The zero-order chi connectivity index (χ0) is 13.7. The van der Waals surface area contributed by atoms with E-state index in [9.17, 15) is 0 Å². The Balaban J connectivity index is 1.84. The Morgan fingerprint density at radius 2 is 2.00 bits per heavy atom. The van der Waals surface area contributed by atoms with E-state index >= 15 is 0 Å². The molecule has 0 amide bonds. The molecule has 0 aliphatic rings. The van der Waals surface area contributed by atoms with E-state index in [2.05, 4.69) is 67.4 Å². The van der Waals surface area contributed by atoms with Crippen LogP contribution in [0, 0.1) is 0 Å². The molecule has 5 nitrogen and oxygen atoms in total. The number of hydrogen-bond donors (Lipinski definition) is 2. The van der Waals surface area contributed by atoms with Gasteiger partial charge in [0.15, 0.2) is 0 Å². The number of nitrogen functional groups attached to an aromatic ring is 1. The highest BCUT2D eigenvalue weighted by atomic mass is 79.9. The quantitative estimate of drug-likeness (QED) is 0.885. The fraction of sp³-hybridized carbons (Fsp3) is 0.308. The summed E-state index contributed by atoms with van der Waals surface area (Å²) < 4.78 is 1.10. The van der Waals surface area contributed by atoms with Crippen LogP contribution in [-0.2, 0) is 6.42 Å². The van der Waals surface area contributed by atoms with Gasteiger partial charge >= 0.3 is 0 Å². The highest BCUT2D eigenvalue weighted by Gasteiger charge is 2.05. The lowest BCUT2D eigenvalue weighted by Gasteiger charge is -2.13. The van der Waals surface area contributed by atoms with Gasteiger partial charge in [-0.25, -0.2) is 9.97 Å². The van der Waals surface area contributed by atoms with Gasteiger partial charge in [0.1, 0.15) is 6.33 Å². The molecule has 6 heteroatoms. The Morgan fingerprint density at radius 3 is 2.68 bits per heavy atom. The van der Waals surface area contributed by atoms with Crippen molar-refractivity contribution in [2.24, 2.45) is 0 Å². The lowest BCUT2D eigenvalue weighted by atomic mass is 10.1. The molecular formula is C13H16BrN5. The van der Waals surface area contributed by atoms with Gasteiger partial charge in [-0.15, -0.1) is 0 Å². The number of nitrogens with one attached hydrogen (secondary N) is 1. The molecule has 0 aliphatic carbocycles. The minimum absolute atomic E-state index is 0.234. The topological polar surface area (TPSA) is 76.7 Å². The fourth-order valence-corrected chi connectivity index (χ4v) is 1.97. The van der Waals surface area contributed by atoms with Crippen LogP contribution in [0.2, 0.25) is 0 Å². The molecule has 0 spiro atoms. The van der Waals surface area contributed by atoms with Gasteiger partial charge in [0.2, 0.25) is 11.9 Å². The lowest BCUT2D eigenvalue weighted by Crippen LogP contribution is -2.18. The number of nitrogens with two attached hydrogens (primary N) is 1. The van der Waals surface area contributed by atoms with Gasteiger partial charge in [0.25, 0.3) is 0 Å². The first kappa shape index (κ1) is 13.7. The molecule has 1 aromatic carbocycles. The molecule has 0 fully saturated rings. The zero-order valence-electron chi connectivity index (χ0n) is 10.7. The van der Waals surface area contributed by atoms with Crippen molar-refractivity contribution in [3.8, 4) is 0 Å². The Bertz CT molecular complexity index is 529. The van der Waals surface area contributed by atoms with Crippen LogP contribution in [0.1, 0.15) is 18.9 Å². The fourth-order valence-electron chi connectivity index (χ4n) is 1.71. The molecule has 1 atom stereocenters. The van der Waals surface area contributed by atoms with Crippen LogP contribution in [0.3, 0.4) is 0 Å². The number of nitrogens with zero attached hydrogens (tertiary/aromatic N) is 3. The normalized spacial score (nSPS) is 12.1. The summed E-state index contributed by atoms with van der Waals surface area (Å²) in [5.41, 5.74) is 6.82. The molecule has 0 aliphatic heterocycles. The van der Waals surface area contributed by atoms with Gasteiger partial charge in [-0.2, -0.15) is 4.98 Å². The van der Waals surface area contributed by atoms with E-state index in [4.69, 9.17) is 5.73 Å². The number of hydrogen-bond acceptors (Lipinski definition) is 5. The maximum absolute atomic E-state index is 5.51. The smallest absolute Gasteiger partial charge is 0.227 e. The van der Waals surface area contributed by atoms with Gasteiger partial charge in [-0.3, -0.25) is 0 Å². The number of aryl methyl sites for hydroxylation is 1. The first-order valence-electron chi connectivity index (χ1n) is 6.09. The van der Waals surface area contributed by atoms with Crippen LogP contribution in [-0.4, -0.2) is 21.0 Å². The van der Waals surface area contributed by atoms with Crippen LogP contribution in [0.15, 0.2) is 35.1 Å². The highest BCUT2D eigenvalue weighted by molar-refractivity contribution is 9.10. The molecule has 0 saturated heterocycles. The predicted octanol–water partition coefficient (Wildman–Crippen LogP) is 2.65. The van der Waals surface area contributed by atoms with E-state index in [-0.39, 0.29) is 12.0 Å². The second kappa shape index (κ2) is 6.47. The van der Waals surface area contributed by atoms with Gasteiger partial charge in [-0.05, 0) is 37.5 Å². The van der Waals surface area contributed by atoms with Crippen LogP contribution >= 0.6 is 15.9 Å². The van der Waals surface area contributed by atoms with Gasteiger partial charge in [0, 0.05) is 10.5 Å². The molecule has 1 unspecified atom stereocenters. The predicted molar refractivity (Wildman–Crippen MR) is 79.8 cm³/mol. The molecule has 2 aromatic rings. The number of benzene rings is 1. The highest BCUT2D eigenvalue weighted by Crippen LogP contribution is 2.13. The number of rotatable bonds is 5. The van der Waals surface area contributed by atoms with Crippen LogP contribution in [0.5, 0.6) is 0 Å². The summed E-state index contributed by atoms with van der Waals surface area (Å²) in [5.74, 6) is 0.758. The number of anilines is 2. The van der Waals surface area contributed by atoms with Crippen molar-refractivity contribution < 1.29 is 0 Å². The number of aromatic nitrogens is 3. The van der Waals surface area contributed by atoms with E-state index in [1.54, 1.807) is 0 Å². The molecule has 3 N–H and O–H groups in total. The van der Waals surface area contributed by atoms with Crippen LogP contribution in [0.4, 0.5) is 11.9 Å². The largest absolute Gasteiger partial charge is 0.368 e. The first-order valence-corrected chi connectivity index (χ1v) is 6.88. The maximum Gasteiger partial charge on any atom is 0.227 e. The summed E-state index contributed by atoms with van der Waals surface area (Å²) in [4.78, 5) is 11.8. The Morgan fingerprint density at radius 1 is 1.26 bits per heavy atom. The van der Waals surface area contributed by atoms with E-state index < -0.39 is 0 Å². The average molecular weight is 322 g/mol. The first-order chi connectivity index (χ1) is 9.13. The van der Waals surface area contributed by atoms with Crippen LogP contribution < -0.4 is 11.1 Å². The van der Waals surface area contributed by atoms with Crippen molar-refractivity contribution in [1.29, 1.82) is 0 Å². The van der Waals surface area contributed by atoms with Crippen molar-refractivity contribution >= 4 is 27.8 Å². The summed E-state index contributed by atoms with van der Waals surface area (Å²) in [7, 11) is 0. The van der Waals surface area contributed by atoms with Crippen LogP contribution in [0.25, 0.3) is 0 Å². The third kappa shape index (κ3) is 4.48. The SMILES string of the molecule is CC(CCc1ccc(Br)cc1)Nc1ncnc(N)n1. The summed E-state index contributed by atoms with van der Waals surface area (Å²) in [6.45, 7) is 2.10. The molecule has 100 valence electrons. The Kier molecular flexibility index (Phi) is 4.68. The van der Waals surface area contributed by atoms with E-state index in [1.807, 2.05) is 0 Å². The standard InChI is InChI=1S/C13H16BrN5/c1-9(18-13-17-8-16-12(15)19-13)2-3-10-4-6-11(14)7-5-10/h4-9H,2-3H2,1H3,(H3,15,16,17,18,19). The molecule has 0 radical (unpaired) electrons. The molecular weight excluding hydrogens is 306 g/mol. The number of halogens is 1. The van der Waals surface area contributed by atoms with Crippen molar-refractivity contribution in [2.75, 3.05) is 11.1 Å². The summed E-state index contributed by atoms with van der Waals surface area (Å²) in [6.07, 6.45) is 3.40. The molecule has 1 aromatic heterocycles. The maximum atomic E-state index is 5.51. The van der Waals surface area contributed by atoms with Crippen molar-refractivity contribution in [3.63, 3.8) is 0 Å². The van der Waals surface area contributed by atoms with Crippen molar-refractivity contribution in [1.82, 2.24) is 15.0 Å². The summed E-state index contributed by atoms with van der Waals surface area (Å²) in [5, 5.41) is 3.21.